The van der Waals surface area contributed by atoms with Gasteiger partial charge in [0.25, 0.3) is 0 Å². The summed E-state index contributed by atoms with van der Waals surface area (Å²) >= 11 is 0. The fourth-order valence-electron chi connectivity index (χ4n) is 8.14. The van der Waals surface area contributed by atoms with Crippen molar-refractivity contribution >= 4 is 0 Å². The molecule has 0 radical (unpaired) electrons. The molecule has 0 aromatic heterocycles. The van der Waals surface area contributed by atoms with E-state index < -0.39 is 6.10 Å². The van der Waals surface area contributed by atoms with Crippen molar-refractivity contribution in [2.24, 2.45) is 11.8 Å². The van der Waals surface area contributed by atoms with Gasteiger partial charge in [0.05, 0.1) is 24.4 Å². The van der Waals surface area contributed by atoms with Crippen molar-refractivity contribution < 1.29 is 19.7 Å². The zero-order valence-electron chi connectivity index (χ0n) is 33.7. The van der Waals surface area contributed by atoms with Gasteiger partial charge in [-0.1, -0.05) is 84.9 Å². The van der Waals surface area contributed by atoms with Gasteiger partial charge in [-0.2, -0.15) is 0 Å². The molecule has 2 saturated heterocycles. The Labute approximate surface area is 326 Å². The van der Waals surface area contributed by atoms with Gasteiger partial charge in [0.2, 0.25) is 0 Å². The lowest BCUT2D eigenvalue weighted by molar-refractivity contribution is -0.0492. The van der Waals surface area contributed by atoms with Gasteiger partial charge in [0.15, 0.2) is 0 Å². The van der Waals surface area contributed by atoms with Crippen LogP contribution in [0.3, 0.4) is 0 Å². The SMILES string of the molecule is CC(C)OC(c1ccc(O)cc1)C(C)N1CCC(Cc2ccccc2)CC1.CC(C)Oc1ccc(C(O)C(C)N2CCC(Cc3ccccc3)CC2)cc1. The number of phenolic OH excluding ortho intramolecular Hbond substituents is 1. The molecule has 6 rings (SSSR count). The predicted octanol–water partition coefficient (Wildman–Crippen LogP) is 10.1. The molecule has 0 spiro atoms. The van der Waals surface area contributed by atoms with Crippen LogP contribution in [0, 0.1) is 11.8 Å². The molecule has 4 atom stereocenters. The molecule has 4 aromatic carbocycles. The van der Waals surface area contributed by atoms with Crippen LogP contribution in [0.1, 0.15) is 102 Å². The molecule has 0 aliphatic carbocycles. The van der Waals surface area contributed by atoms with Gasteiger partial charge in [0.1, 0.15) is 11.5 Å². The minimum absolute atomic E-state index is 0.0243. The average Bonchev–Trinajstić information content (AvgIpc) is 3.18. The molecule has 292 valence electrons. The van der Waals surface area contributed by atoms with E-state index in [0.717, 1.165) is 54.9 Å². The number of piperidine rings is 2. The van der Waals surface area contributed by atoms with Gasteiger partial charge in [-0.05, 0) is 165 Å². The van der Waals surface area contributed by atoms with Gasteiger partial charge in [-0.3, -0.25) is 9.80 Å². The van der Waals surface area contributed by atoms with Crippen molar-refractivity contribution in [2.75, 3.05) is 26.2 Å². The van der Waals surface area contributed by atoms with Crippen molar-refractivity contribution in [1.29, 1.82) is 0 Å². The number of phenols is 1. The summed E-state index contributed by atoms with van der Waals surface area (Å²) < 4.78 is 12.0. The largest absolute Gasteiger partial charge is 0.508 e. The molecule has 2 N–H and O–H groups in total. The Morgan fingerprint density at radius 3 is 1.44 bits per heavy atom. The van der Waals surface area contributed by atoms with Crippen molar-refractivity contribution in [3.05, 3.63) is 131 Å². The lowest BCUT2D eigenvalue weighted by Crippen LogP contribution is -2.44. The quantitative estimate of drug-likeness (QED) is 0.135. The normalized spacial score (nSPS) is 18.5. The lowest BCUT2D eigenvalue weighted by Gasteiger charge is -2.40. The van der Waals surface area contributed by atoms with Gasteiger partial charge >= 0.3 is 0 Å². The molecule has 2 fully saturated rings. The highest BCUT2D eigenvalue weighted by atomic mass is 16.5. The predicted molar refractivity (Wildman–Crippen MR) is 222 cm³/mol. The highest BCUT2D eigenvalue weighted by Gasteiger charge is 2.30. The van der Waals surface area contributed by atoms with Crippen LogP contribution in [0.5, 0.6) is 11.5 Å². The Balaban J connectivity index is 0.000000208. The smallest absolute Gasteiger partial charge is 0.119 e. The number of aliphatic hydroxyl groups excluding tert-OH is 1. The molecule has 6 nitrogen and oxygen atoms in total. The summed E-state index contributed by atoms with van der Waals surface area (Å²) in [6.45, 7) is 17.0. The summed E-state index contributed by atoms with van der Waals surface area (Å²) in [6.07, 6.45) is 7.13. The molecule has 6 heteroatoms. The van der Waals surface area contributed by atoms with Crippen LogP contribution < -0.4 is 4.74 Å². The van der Waals surface area contributed by atoms with E-state index in [2.05, 4.69) is 98.2 Å². The van der Waals surface area contributed by atoms with Crippen LogP contribution in [0.2, 0.25) is 0 Å². The fraction of sp³-hybridized carbons (Fsp3) is 0.500. The summed E-state index contributed by atoms with van der Waals surface area (Å²) in [7, 11) is 0. The van der Waals surface area contributed by atoms with Gasteiger partial charge in [0, 0.05) is 12.1 Å². The van der Waals surface area contributed by atoms with E-state index in [1.54, 1.807) is 12.1 Å². The fourth-order valence-corrected chi connectivity index (χ4v) is 8.14. The second-order valence-corrected chi connectivity index (χ2v) is 16.2. The number of aliphatic hydroxyl groups is 1. The van der Waals surface area contributed by atoms with Crippen LogP contribution in [0.15, 0.2) is 109 Å². The summed E-state index contributed by atoms with van der Waals surface area (Å²) in [4.78, 5) is 5.01. The van der Waals surface area contributed by atoms with Gasteiger partial charge < -0.3 is 19.7 Å². The third-order valence-electron chi connectivity index (χ3n) is 11.3. The average molecular weight is 735 g/mol. The molecule has 54 heavy (non-hydrogen) atoms. The van der Waals surface area contributed by atoms with E-state index in [-0.39, 0.29) is 24.4 Å². The van der Waals surface area contributed by atoms with Crippen molar-refractivity contribution in [1.82, 2.24) is 9.80 Å². The number of benzene rings is 4. The van der Waals surface area contributed by atoms with E-state index in [1.165, 1.54) is 49.7 Å². The van der Waals surface area contributed by atoms with Crippen LogP contribution in [-0.2, 0) is 17.6 Å². The highest BCUT2D eigenvalue weighted by Crippen LogP contribution is 2.32. The van der Waals surface area contributed by atoms with E-state index in [0.29, 0.717) is 11.8 Å². The maximum atomic E-state index is 10.8. The van der Waals surface area contributed by atoms with Gasteiger partial charge in [-0.15, -0.1) is 0 Å². The van der Waals surface area contributed by atoms with Crippen LogP contribution in [0.4, 0.5) is 0 Å². The first-order valence-corrected chi connectivity index (χ1v) is 20.5. The van der Waals surface area contributed by atoms with Crippen LogP contribution >= 0.6 is 0 Å². The number of likely N-dealkylation sites (tertiary alicyclic amines) is 2. The summed E-state index contributed by atoms with van der Waals surface area (Å²) in [5.41, 5.74) is 4.99. The topological polar surface area (TPSA) is 65.4 Å². The molecule has 4 unspecified atom stereocenters. The zero-order chi connectivity index (χ0) is 38.5. The summed E-state index contributed by atoms with van der Waals surface area (Å²) in [6, 6.07) is 37.4. The number of rotatable bonds is 14. The third kappa shape index (κ3) is 12.7. The lowest BCUT2D eigenvalue weighted by atomic mass is 9.89. The van der Waals surface area contributed by atoms with Crippen molar-refractivity contribution in [3.63, 3.8) is 0 Å². The Morgan fingerprint density at radius 2 is 1.00 bits per heavy atom. The van der Waals surface area contributed by atoms with Crippen molar-refractivity contribution in [3.8, 4) is 11.5 Å². The second kappa shape index (κ2) is 20.8. The van der Waals surface area contributed by atoms with Crippen LogP contribution in [0.25, 0.3) is 0 Å². The Kier molecular flexibility index (Phi) is 16.0. The molecule has 4 aromatic rings. The van der Waals surface area contributed by atoms with Crippen molar-refractivity contribution in [2.45, 2.75) is 117 Å². The Bertz CT molecular complexity index is 1600. The van der Waals surface area contributed by atoms with E-state index >= 15 is 0 Å². The molecule has 2 aliphatic rings. The minimum atomic E-state index is -0.469. The van der Waals surface area contributed by atoms with E-state index in [1.807, 2.05) is 50.2 Å². The molecule has 0 amide bonds. The van der Waals surface area contributed by atoms with E-state index in [9.17, 15) is 10.2 Å². The number of hydrogen-bond acceptors (Lipinski definition) is 6. The maximum absolute atomic E-state index is 10.8. The highest BCUT2D eigenvalue weighted by molar-refractivity contribution is 5.30. The van der Waals surface area contributed by atoms with Gasteiger partial charge in [-0.25, -0.2) is 0 Å². The zero-order valence-corrected chi connectivity index (χ0v) is 33.7. The minimum Gasteiger partial charge on any atom is -0.508 e. The Hall–Kier alpha value is -3.68. The number of ether oxygens (including phenoxy) is 2. The molecule has 2 heterocycles. The molecule has 0 saturated carbocycles. The first-order chi connectivity index (χ1) is 26.0. The summed E-state index contributed by atoms with van der Waals surface area (Å²) in [5.74, 6) is 2.68. The third-order valence-corrected chi connectivity index (χ3v) is 11.3. The molecular weight excluding hydrogens is 669 g/mol. The molecular formula is C48H66N2O4. The first kappa shape index (κ1) is 41.5. The molecule has 0 bridgehead atoms. The maximum Gasteiger partial charge on any atom is 0.119 e. The van der Waals surface area contributed by atoms with E-state index in [4.69, 9.17) is 9.47 Å². The number of nitrogens with zero attached hydrogens (tertiary/aromatic N) is 2. The summed E-state index contributed by atoms with van der Waals surface area (Å²) in [5, 5.41) is 20.4. The Morgan fingerprint density at radius 1 is 0.556 bits per heavy atom. The molecule has 2 aliphatic heterocycles. The first-order valence-electron chi connectivity index (χ1n) is 20.5. The monoisotopic (exact) mass is 735 g/mol. The van der Waals surface area contributed by atoms with Crippen LogP contribution in [-0.4, -0.2) is 70.5 Å². The number of aromatic hydroxyl groups is 1. The second-order valence-electron chi connectivity index (χ2n) is 16.2. The standard InChI is InChI=1S/2C24H33NO2/c1-18(2)27-23-11-9-22(10-12-23)24(26)19(3)25-15-13-21(14-16-25)17-20-7-5-4-6-8-20;1-18(2)27-24(22-9-11-23(26)12-10-22)19(3)25-15-13-21(14-16-25)17-20-7-5-4-6-8-20/h2*4-12,18-19,21,24,26H,13-17H2,1-3H3. The number of hydrogen-bond donors (Lipinski definition) is 2.